The number of hydrogen-bond acceptors (Lipinski definition) is 2. The van der Waals surface area contributed by atoms with Gasteiger partial charge < -0.3 is 5.32 Å². The fourth-order valence-corrected chi connectivity index (χ4v) is 2.49. The highest BCUT2D eigenvalue weighted by Gasteiger charge is 2.19. The van der Waals surface area contributed by atoms with E-state index in [0.29, 0.717) is 6.04 Å². The quantitative estimate of drug-likeness (QED) is 0.817. The van der Waals surface area contributed by atoms with Crippen LogP contribution in [0, 0.1) is 0 Å². The Kier molecular flexibility index (Phi) is 2.43. The summed E-state index contributed by atoms with van der Waals surface area (Å²) in [6.07, 6.45) is 1.05. The van der Waals surface area contributed by atoms with Gasteiger partial charge in [-0.1, -0.05) is 0 Å². The van der Waals surface area contributed by atoms with Gasteiger partial charge in [-0.15, -0.1) is 0 Å². The largest absolute Gasteiger partial charge is 0.312 e. The highest BCUT2D eigenvalue weighted by molar-refractivity contribution is 9.10. The maximum Gasteiger partial charge on any atom is 0.109 e. The Morgan fingerprint density at radius 2 is 2.31 bits per heavy atom. The van der Waals surface area contributed by atoms with E-state index in [0.717, 1.165) is 24.1 Å². The lowest BCUT2D eigenvalue weighted by molar-refractivity contribution is 0.516. The van der Waals surface area contributed by atoms with E-state index in [1.165, 1.54) is 11.3 Å². The summed E-state index contributed by atoms with van der Waals surface area (Å²) in [5.41, 5.74) is 2.58. The molecule has 1 N–H and O–H groups in total. The van der Waals surface area contributed by atoms with Crippen LogP contribution in [0.15, 0.2) is 4.60 Å². The summed E-state index contributed by atoms with van der Waals surface area (Å²) in [6.45, 7) is 6.30. The zero-order valence-electron chi connectivity index (χ0n) is 7.97. The highest BCUT2D eigenvalue weighted by Crippen LogP contribution is 2.25. The Morgan fingerprint density at radius 1 is 1.54 bits per heavy atom. The normalized spacial score (nSPS) is 16.3. The lowest BCUT2D eigenvalue weighted by Crippen LogP contribution is -2.23. The minimum absolute atomic E-state index is 0.431. The van der Waals surface area contributed by atoms with Crippen molar-refractivity contribution in [2.75, 3.05) is 6.54 Å². The van der Waals surface area contributed by atoms with Gasteiger partial charge in [-0.05, 0) is 29.8 Å². The predicted octanol–water partition coefficient (Wildman–Crippen LogP) is 1.87. The molecular formula is C9H14BrN3. The Balaban J connectivity index is 2.44. The molecule has 0 saturated heterocycles. The summed E-state index contributed by atoms with van der Waals surface area (Å²) >= 11 is 3.60. The van der Waals surface area contributed by atoms with Crippen LogP contribution < -0.4 is 5.32 Å². The number of fused-ring (bicyclic) bond motifs is 1. The summed E-state index contributed by atoms with van der Waals surface area (Å²) in [4.78, 5) is 0. The van der Waals surface area contributed by atoms with Crippen LogP contribution in [0.5, 0.6) is 0 Å². The standard InChI is InChI=1S/C9H14BrN3/c1-6(2)13-9(10)7-5-11-4-3-8(7)12-13/h6,11H,3-5H2,1-2H3. The molecule has 13 heavy (non-hydrogen) atoms. The van der Waals surface area contributed by atoms with E-state index >= 15 is 0 Å². The van der Waals surface area contributed by atoms with Crippen LogP contribution in [-0.4, -0.2) is 16.3 Å². The molecular weight excluding hydrogens is 230 g/mol. The van der Waals surface area contributed by atoms with Crippen LogP contribution in [0.2, 0.25) is 0 Å². The molecule has 0 fully saturated rings. The summed E-state index contributed by atoms with van der Waals surface area (Å²) in [5, 5.41) is 7.93. The Labute approximate surface area is 86.6 Å². The molecule has 0 unspecified atom stereocenters. The van der Waals surface area contributed by atoms with Gasteiger partial charge in [-0.3, -0.25) is 4.68 Å². The van der Waals surface area contributed by atoms with Crippen molar-refractivity contribution in [1.29, 1.82) is 0 Å². The van der Waals surface area contributed by atoms with Crippen molar-refractivity contribution < 1.29 is 0 Å². The fraction of sp³-hybridized carbons (Fsp3) is 0.667. The van der Waals surface area contributed by atoms with E-state index in [4.69, 9.17) is 0 Å². The SMILES string of the molecule is CC(C)n1nc2c(c1Br)CNCC2. The molecule has 72 valence electrons. The second-order valence-corrected chi connectivity index (χ2v) is 4.43. The maximum atomic E-state index is 4.58. The third-order valence-corrected chi connectivity index (χ3v) is 3.20. The number of nitrogens with zero attached hydrogens (tertiary/aromatic N) is 2. The van der Waals surface area contributed by atoms with Gasteiger partial charge in [0.1, 0.15) is 4.60 Å². The fourth-order valence-electron chi connectivity index (χ4n) is 1.63. The van der Waals surface area contributed by atoms with Gasteiger partial charge in [0.2, 0.25) is 0 Å². The molecule has 0 atom stereocenters. The van der Waals surface area contributed by atoms with Gasteiger partial charge in [-0.2, -0.15) is 5.10 Å². The average Bonchev–Trinajstić information content (AvgIpc) is 2.45. The number of nitrogens with one attached hydrogen (secondary N) is 1. The molecule has 0 radical (unpaired) electrons. The molecule has 0 aromatic carbocycles. The molecule has 0 bridgehead atoms. The molecule has 0 amide bonds. The van der Waals surface area contributed by atoms with Crippen LogP contribution in [-0.2, 0) is 13.0 Å². The molecule has 4 heteroatoms. The summed E-state index contributed by atoms with van der Waals surface area (Å²) in [5.74, 6) is 0. The van der Waals surface area contributed by atoms with Crippen LogP contribution in [0.4, 0.5) is 0 Å². The summed E-state index contributed by atoms with van der Waals surface area (Å²) in [6, 6.07) is 0.431. The van der Waals surface area contributed by atoms with Gasteiger partial charge in [-0.25, -0.2) is 0 Å². The Bertz CT molecular complexity index is 317. The first-order valence-electron chi connectivity index (χ1n) is 4.66. The van der Waals surface area contributed by atoms with E-state index < -0.39 is 0 Å². The molecule has 1 aliphatic heterocycles. The van der Waals surface area contributed by atoms with Crippen LogP contribution >= 0.6 is 15.9 Å². The van der Waals surface area contributed by atoms with E-state index in [1.54, 1.807) is 0 Å². The van der Waals surface area contributed by atoms with Crippen molar-refractivity contribution >= 4 is 15.9 Å². The van der Waals surface area contributed by atoms with E-state index in [1.807, 2.05) is 0 Å². The first kappa shape index (κ1) is 9.21. The molecule has 0 aliphatic carbocycles. The van der Waals surface area contributed by atoms with Gasteiger partial charge in [0.15, 0.2) is 0 Å². The van der Waals surface area contributed by atoms with Gasteiger partial charge in [0.05, 0.1) is 5.69 Å². The minimum atomic E-state index is 0.431. The Morgan fingerprint density at radius 3 is 2.92 bits per heavy atom. The topological polar surface area (TPSA) is 29.9 Å². The van der Waals surface area contributed by atoms with Gasteiger partial charge >= 0.3 is 0 Å². The predicted molar refractivity (Wildman–Crippen MR) is 55.7 cm³/mol. The van der Waals surface area contributed by atoms with Crippen molar-refractivity contribution in [3.8, 4) is 0 Å². The van der Waals surface area contributed by atoms with Crippen molar-refractivity contribution in [2.24, 2.45) is 0 Å². The molecule has 0 saturated carbocycles. The van der Waals surface area contributed by atoms with Crippen molar-refractivity contribution in [1.82, 2.24) is 15.1 Å². The van der Waals surface area contributed by atoms with Crippen LogP contribution in [0.25, 0.3) is 0 Å². The van der Waals surface area contributed by atoms with Crippen LogP contribution in [0.3, 0.4) is 0 Å². The molecule has 3 nitrogen and oxygen atoms in total. The second-order valence-electron chi connectivity index (χ2n) is 3.68. The van der Waals surface area contributed by atoms with Gasteiger partial charge in [0, 0.05) is 31.1 Å². The van der Waals surface area contributed by atoms with Crippen molar-refractivity contribution in [2.45, 2.75) is 32.9 Å². The van der Waals surface area contributed by atoms with Gasteiger partial charge in [0.25, 0.3) is 0 Å². The van der Waals surface area contributed by atoms with E-state index in [-0.39, 0.29) is 0 Å². The minimum Gasteiger partial charge on any atom is -0.312 e. The molecule has 0 spiro atoms. The molecule has 2 heterocycles. The lowest BCUT2D eigenvalue weighted by atomic mass is 10.1. The first-order chi connectivity index (χ1) is 6.20. The number of rotatable bonds is 1. The number of hydrogen-bond donors (Lipinski definition) is 1. The summed E-state index contributed by atoms with van der Waals surface area (Å²) in [7, 11) is 0. The molecule has 2 rings (SSSR count). The second kappa shape index (κ2) is 3.42. The third kappa shape index (κ3) is 1.53. The van der Waals surface area contributed by atoms with Crippen molar-refractivity contribution in [3.63, 3.8) is 0 Å². The zero-order chi connectivity index (χ0) is 9.42. The monoisotopic (exact) mass is 243 g/mol. The highest BCUT2D eigenvalue weighted by atomic mass is 79.9. The lowest BCUT2D eigenvalue weighted by Gasteiger charge is -2.10. The van der Waals surface area contributed by atoms with Crippen LogP contribution in [0.1, 0.15) is 31.1 Å². The maximum absolute atomic E-state index is 4.58. The molecule has 1 aromatic heterocycles. The number of aromatic nitrogens is 2. The molecule has 1 aliphatic rings. The smallest absolute Gasteiger partial charge is 0.109 e. The first-order valence-corrected chi connectivity index (χ1v) is 5.46. The van der Waals surface area contributed by atoms with E-state index in [9.17, 15) is 0 Å². The number of halogens is 1. The summed E-state index contributed by atoms with van der Waals surface area (Å²) < 4.78 is 3.20. The Hall–Kier alpha value is -0.350. The van der Waals surface area contributed by atoms with Crippen molar-refractivity contribution in [3.05, 3.63) is 15.9 Å². The van der Waals surface area contributed by atoms with E-state index in [2.05, 4.69) is 44.9 Å². The zero-order valence-corrected chi connectivity index (χ0v) is 9.56. The molecule has 1 aromatic rings. The third-order valence-electron chi connectivity index (χ3n) is 2.36. The average molecular weight is 244 g/mol.